The minimum Gasteiger partial charge on any atom is -0.469 e. The second-order valence-corrected chi connectivity index (χ2v) is 5.19. The maximum absolute atomic E-state index is 10.9. The van der Waals surface area contributed by atoms with E-state index < -0.39 is 0 Å². The van der Waals surface area contributed by atoms with Crippen LogP contribution < -0.4 is 16.2 Å². The van der Waals surface area contributed by atoms with Gasteiger partial charge in [0.2, 0.25) is 0 Å². The number of carbonyl (C=O) groups is 1. The topological polar surface area (TPSA) is 62.4 Å². The Morgan fingerprint density at radius 2 is 2.05 bits per heavy atom. The van der Waals surface area contributed by atoms with Crippen LogP contribution in [0.4, 0.5) is 5.69 Å². The summed E-state index contributed by atoms with van der Waals surface area (Å²) < 4.78 is 4.57. The summed E-state index contributed by atoms with van der Waals surface area (Å²) in [5.74, 6) is -0.163. The number of nitrogens with one attached hydrogen (secondary N) is 3. The molecule has 0 saturated heterocycles. The molecule has 21 heavy (non-hydrogen) atoms. The highest BCUT2D eigenvalue weighted by Crippen LogP contribution is 2.19. The van der Waals surface area contributed by atoms with Crippen LogP contribution in [0.1, 0.15) is 25.7 Å². The van der Waals surface area contributed by atoms with E-state index in [0.29, 0.717) is 16.6 Å². The number of methoxy groups -OCH3 is 1. The van der Waals surface area contributed by atoms with Crippen LogP contribution in [0.5, 0.6) is 0 Å². The summed E-state index contributed by atoms with van der Waals surface area (Å²) in [7, 11) is 1.40. The third-order valence-corrected chi connectivity index (χ3v) is 3.33. The van der Waals surface area contributed by atoms with E-state index in [1.807, 2.05) is 18.2 Å². The third kappa shape index (κ3) is 7.72. The number of unbranched alkanes of at least 4 members (excludes halogenated alkanes) is 2. The maximum Gasteiger partial charge on any atom is 0.305 e. The molecule has 0 bridgehead atoms. The molecule has 0 radical (unpaired) electrons. The van der Waals surface area contributed by atoms with E-state index in [0.717, 1.165) is 31.5 Å². The fraction of sp³-hybridized carbons (Fsp3) is 0.429. The lowest BCUT2D eigenvalue weighted by molar-refractivity contribution is -0.140. The number of hydrazine groups is 1. The van der Waals surface area contributed by atoms with Crippen LogP contribution in [-0.2, 0) is 9.53 Å². The Bertz CT molecular complexity index is 471. The van der Waals surface area contributed by atoms with Crippen molar-refractivity contribution < 1.29 is 9.53 Å². The van der Waals surface area contributed by atoms with Crippen LogP contribution in [-0.4, -0.2) is 24.7 Å². The van der Waals surface area contributed by atoms with Gasteiger partial charge in [-0.3, -0.25) is 15.6 Å². The SMILES string of the molecule is COC(=O)CCCCCNC(=S)NNc1ccccc1Cl. The normalized spacial score (nSPS) is 9.81. The van der Waals surface area contributed by atoms with Crippen molar-refractivity contribution in [2.24, 2.45) is 0 Å². The Labute approximate surface area is 135 Å². The van der Waals surface area contributed by atoms with Crippen molar-refractivity contribution in [2.45, 2.75) is 25.7 Å². The van der Waals surface area contributed by atoms with Crippen molar-refractivity contribution in [3.05, 3.63) is 29.3 Å². The Morgan fingerprint density at radius 3 is 2.76 bits per heavy atom. The number of ether oxygens (including phenoxy) is 1. The zero-order valence-electron chi connectivity index (χ0n) is 11.9. The predicted octanol–water partition coefficient (Wildman–Crippen LogP) is 2.86. The van der Waals surface area contributed by atoms with E-state index >= 15 is 0 Å². The molecule has 0 atom stereocenters. The largest absolute Gasteiger partial charge is 0.469 e. The van der Waals surface area contributed by atoms with E-state index in [1.54, 1.807) is 6.07 Å². The molecule has 0 amide bonds. The van der Waals surface area contributed by atoms with E-state index in [2.05, 4.69) is 20.9 Å². The molecule has 0 heterocycles. The van der Waals surface area contributed by atoms with Gasteiger partial charge >= 0.3 is 5.97 Å². The molecule has 7 heteroatoms. The molecular weight excluding hydrogens is 310 g/mol. The quantitative estimate of drug-likeness (QED) is 0.295. The Hall–Kier alpha value is -1.53. The minimum absolute atomic E-state index is 0.163. The number of para-hydroxylation sites is 1. The second kappa shape index (κ2) is 10.2. The van der Waals surface area contributed by atoms with Crippen molar-refractivity contribution in [3.63, 3.8) is 0 Å². The highest BCUT2D eigenvalue weighted by Gasteiger charge is 2.00. The summed E-state index contributed by atoms with van der Waals surface area (Å²) in [6.45, 7) is 0.747. The molecule has 3 N–H and O–H groups in total. The number of anilines is 1. The molecule has 1 rings (SSSR count). The van der Waals surface area contributed by atoms with Crippen molar-refractivity contribution in [1.82, 2.24) is 10.7 Å². The molecule has 0 aliphatic carbocycles. The van der Waals surface area contributed by atoms with Gasteiger partial charge in [0, 0.05) is 13.0 Å². The van der Waals surface area contributed by atoms with Gasteiger partial charge in [-0.15, -0.1) is 0 Å². The van der Waals surface area contributed by atoms with Crippen LogP contribution >= 0.6 is 23.8 Å². The fourth-order valence-corrected chi connectivity index (χ4v) is 1.94. The molecule has 0 spiro atoms. The number of carbonyl (C=O) groups excluding carboxylic acids is 1. The minimum atomic E-state index is -0.163. The average molecular weight is 330 g/mol. The molecule has 5 nitrogen and oxygen atoms in total. The fourth-order valence-electron chi connectivity index (χ4n) is 1.61. The molecule has 0 saturated carbocycles. The Kier molecular flexibility index (Phi) is 8.54. The van der Waals surface area contributed by atoms with Gasteiger partial charge in [0.1, 0.15) is 0 Å². The molecule has 0 aliphatic heterocycles. The molecule has 116 valence electrons. The summed E-state index contributed by atoms with van der Waals surface area (Å²) in [5, 5.41) is 4.20. The van der Waals surface area contributed by atoms with Gasteiger partial charge < -0.3 is 10.1 Å². The molecule has 0 fully saturated rings. The van der Waals surface area contributed by atoms with Gasteiger partial charge in [0.15, 0.2) is 5.11 Å². The Balaban J connectivity index is 2.07. The number of thiocarbonyl (C=S) groups is 1. The number of esters is 1. The summed E-state index contributed by atoms with van der Waals surface area (Å²) in [6, 6.07) is 7.39. The van der Waals surface area contributed by atoms with Crippen LogP contribution in [0.2, 0.25) is 5.02 Å². The molecule has 0 aromatic heterocycles. The summed E-state index contributed by atoms with van der Waals surface area (Å²) >= 11 is 11.1. The van der Waals surface area contributed by atoms with E-state index in [4.69, 9.17) is 23.8 Å². The van der Waals surface area contributed by atoms with Gasteiger partial charge in [0.25, 0.3) is 0 Å². The van der Waals surface area contributed by atoms with Gasteiger partial charge in [-0.25, -0.2) is 0 Å². The zero-order valence-corrected chi connectivity index (χ0v) is 13.5. The number of benzene rings is 1. The third-order valence-electron chi connectivity index (χ3n) is 2.76. The van der Waals surface area contributed by atoms with Crippen LogP contribution in [0, 0.1) is 0 Å². The lowest BCUT2D eigenvalue weighted by atomic mass is 10.2. The van der Waals surface area contributed by atoms with Gasteiger partial charge in [-0.2, -0.15) is 0 Å². The summed E-state index contributed by atoms with van der Waals surface area (Å²) in [5.41, 5.74) is 6.58. The highest BCUT2D eigenvalue weighted by atomic mass is 35.5. The van der Waals surface area contributed by atoms with Crippen molar-refractivity contribution in [2.75, 3.05) is 19.1 Å². The monoisotopic (exact) mass is 329 g/mol. The summed E-state index contributed by atoms with van der Waals surface area (Å²) in [6.07, 6.45) is 3.17. The van der Waals surface area contributed by atoms with Gasteiger partial charge in [-0.05, 0) is 37.2 Å². The number of hydrogen-bond acceptors (Lipinski definition) is 4. The first-order valence-corrected chi connectivity index (χ1v) is 7.53. The lowest BCUT2D eigenvalue weighted by Gasteiger charge is -2.13. The first-order valence-electron chi connectivity index (χ1n) is 6.74. The van der Waals surface area contributed by atoms with Crippen molar-refractivity contribution in [3.8, 4) is 0 Å². The zero-order chi connectivity index (χ0) is 15.5. The van der Waals surface area contributed by atoms with E-state index in [9.17, 15) is 4.79 Å². The first kappa shape index (κ1) is 17.5. The number of halogens is 1. The molecule has 0 unspecified atom stereocenters. The smallest absolute Gasteiger partial charge is 0.305 e. The second-order valence-electron chi connectivity index (χ2n) is 4.37. The number of hydrogen-bond donors (Lipinski definition) is 3. The molecular formula is C14H20ClN3O2S. The van der Waals surface area contributed by atoms with Gasteiger partial charge in [-0.1, -0.05) is 30.2 Å². The molecule has 1 aromatic rings. The lowest BCUT2D eigenvalue weighted by Crippen LogP contribution is -2.39. The van der Waals surface area contributed by atoms with Gasteiger partial charge in [0.05, 0.1) is 17.8 Å². The van der Waals surface area contributed by atoms with Crippen LogP contribution in [0.25, 0.3) is 0 Å². The predicted molar refractivity (Wildman–Crippen MR) is 89.3 cm³/mol. The van der Waals surface area contributed by atoms with E-state index in [1.165, 1.54) is 7.11 Å². The molecule has 0 aliphatic rings. The Morgan fingerprint density at radius 1 is 1.29 bits per heavy atom. The van der Waals surface area contributed by atoms with Crippen LogP contribution in [0.15, 0.2) is 24.3 Å². The van der Waals surface area contributed by atoms with E-state index in [-0.39, 0.29) is 5.97 Å². The molecule has 1 aromatic carbocycles. The standard InChI is InChI=1S/C14H20ClN3O2S/c1-20-13(19)9-3-2-6-10-16-14(21)18-17-12-8-5-4-7-11(12)15/h4-5,7-8,17H,2-3,6,9-10H2,1H3,(H2,16,18,21). The first-order chi connectivity index (χ1) is 10.1. The summed E-state index contributed by atoms with van der Waals surface area (Å²) in [4.78, 5) is 10.9. The maximum atomic E-state index is 10.9. The number of rotatable bonds is 8. The van der Waals surface area contributed by atoms with Crippen molar-refractivity contribution >= 4 is 40.6 Å². The van der Waals surface area contributed by atoms with Crippen LogP contribution in [0.3, 0.4) is 0 Å². The highest BCUT2D eigenvalue weighted by molar-refractivity contribution is 7.80. The average Bonchev–Trinajstić information content (AvgIpc) is 2.49. The van der Waals surface area contributed by atoms with Crippen molar-refractivity contribution in [1.29, 1.82) is 0 Å².